The zero-order chi connectivity index (χ0) is 10.0. The number of hydrogen-bond donors (Lipinski definition) is 2. The Kier molecular flexibility index (Phi) is 2.76. The Morgan fingerprint density at radius 3 is 2.64 bits per heavy atom. The SMILES string of the molecule is N#CC1CCCC1NC1(CO)CCC1. The smallest absolute Gasteiger partial charge is 0.0672 e. The molecule has 0 radical (unpaired) electrons. The van der Waals surface area contributed by atoms with Crippen molar-refractivity contribution in [1.82, 2.24) is 5.32 Å². The van der Waals surface area contributed by atoms with E-state index in [0.29, 0.717) is 6.04 Å². The summed E-state index contributed by atoms with van der Waals surface area (Å²) < 4.78 is 0. The Bertz CT molecular complexity index is 237. The van der Waals surface area contributed by atoms with Crippen molar-refractivity contribution in [3.05, 3.63) is 0 Å². The summed E-state index contributed by atoms with van der Waals surface area (Å²) in [5, 5.41) is 21.8. The summed E-state index contributed by atoms with van der Waals surface area (Å²) in [7, 11) is 0. The summed E-state index contributed by atoms with van der Waals surface area (Å²) in [6.45, 7) is 0.224. The first-order chi connectivity index (χ1) is 6.79. The molecular weight excluding hydrogens is 176 g/mol. The molecule has 2 rings (SSSR count). The van der Waals surface area contributed by atoms with Gasteiger partial charge >= 0.3 is 0 Å². The molecule has 2 N–H and O–H groups in total. The van der Waals surface area contributed by atoms with Crippen LogP contribution in [0.5, 0.6) is 0 Å². The van der Waals surface area contributed by atoms with Crippen molar-refractivity contribution in [1.29, 1.82) is 5.26 Å². The average Bonchev–Trinajstić information content (AvgIpc) is 2.58. The van der Waals surface area contributed by atoms with Gasteiger partial charge in [-0.25, -0.2) is 0 Å². The number of rotatable bonds is 3. The van der Waals surface area contributed by atoms with Crippen molar-refractivity contribution in [2.45, 2.75) is 50.1 Å². The van der Waals surface area contributed by atoms with Crippen LogP contribution in [-0.2, 0) is 0 Å². The number of nitrogens with zero attached hydrogens (tertiary/aromatic N) is 1. The van der Waals surface area contributed by atoms with Crippen LogP contribution < -0.4 is 5.32 Å². The van der Waals surface area contributed by atoms with Gasteiger partial charge in [0.2, 0.25) is 0 Å². The van der Waals surface area contributed by atoms with Crippen LogP contribution >= 0.6 is 0 Å². The van der Waals surface area contributed by atoms with E-state index in [1.54, 1.807) is 0 Å². The predicted molar refractivity (Wildman–Crippen MR) is 53.5 cm³/mol. The topological polar surface area (TPSA) is 56.0 Å². The largest absolute Gasteiger partial charge is 0.394 e. The van der Waals surface area contributed by atoms with Gasteiger partial charge < -0.3 is 10.4 Å². The summed E-state index contributed by atoms with van der Waals surface area (Å²) in [5.41, 5.74) is -0.0376. The number of aliphatic hydroxyl groups is 1. The lowest BCUT2D eigenvalue weighted by molar-refractivity contribution is 0.0739. The van der Waals surface area contributed by atoms with E-state index in [9.17, 15) is 5.11 Å². The molecule has 2 unspecified atom stereocenters. The van der Waals surface area contributed by atoms with Crippen molar-refractivity contribution >= 4 is 0 Å². The number of nitriles is 1. The lowest BCUT2D eigenvalue weighted by atomic mass is 9.76. The molecule has 0 heterocycles. The molecule has 0 aliphatic heterocycles. The maximum absolute atomic E-state index is 9.31. The van der Waals surface area contributed by atoms with Gasteiger partial charge in [-0.15, -0.1) is 0 Å². The van der Waals surface area contributed by atoms with Gasteiger partial charge in [0.25, 0.3) is 0 Å². The molecule has 2 aliphatic rings. The minimum absolute atomic E-state index is 0.0376. The molecule has 14 heavy (non-hydrogen) atoms. The third kappa shape index (κ3) is 1.65. The van der Waals surface area contributed by atoms with Gasteiger partial charge in [0.1, 0.15) is 0 Å². The molecule has 0 aromatic rings. The Morgan fingerprint density at radius 2 is 2.14 bits per heavy atom. The molecule has 0 aromatic heterocycles. The number of aliphatic hydroxyl groups excluding tert-OH is 1. The van der Waals surface area contributed by atoms with Crippen LogP contribution in [0.25, 0.3) is 0 Å². The summed E-state index contributed by atoms with van der Waals surface area (Å²) in [6, 6.07) is 2.69. The van der Waals surface area contributed by atoms with Crippen LogP contribution in [-0.4, -0.2) is 23.3 Å². The highest BCUT2D eigenvalue weighted by molar-refractivity contribution is 5.03. The van der Waals surface area contributed by atoms with Crippen molar-refractivity contribution in [3.63, 3.8) is 0 Å². The Hall–Kier alpha value is -0.590. The Labute approximate surface area is 85.1 Å². The van der Waals surface area contributed by atoms with Crippen molar-refractivity contribution in [2.75, 3.05) is 6.61 Å². The quantitative estimate of drug-likeness (QED) is 0.709. The van der Waals surface area contributed by atoms with E-state index in [1.807, 2.05) is 0 Å². The summed E-state index contributed by atoms with van der Waals surface area (Å²) >= 11 is 0. The van der Waals surface area contributed by atoms with E-state index >= 15 is 0 Å². The maximum atomic E-state index is 9.31. The lowest BCUT2D eigenvalue weighted by Gasteiger charge is -2.43. The second-order valence-corrected chi connectivity index (χ2v) is 4.71. The first-order valence-corrected chi connectivity index (χ1v) is 5.58. The van der Waals surface area contributed by atoms with Crippen LogP contribution in [0.3, 0.4) is 0 Å². The summed E-state index contributed by atoms with van der Waals surface area (Å²) in [4.78, 5) is 0. The molecule has 2 saturated carbocycles. The normalized spacial score (nSPS) is 34.9. The first kappa shape index (κ1) is 9.95. The fourth-order valence-corrected chi connectivity index (χ4v) is 2.63. The van der Waals surface area contributed by atoms with Gasteiger partial charge in [-0.05, 0) is 32.1 Å². The van der Waals surface area contributed by atoms with Crippen LogP contribution in [0.2, 0.25) is 0 Å². The maximum Gasteiger partial charge on any atom is 0.0672 e. The van der Waals surface area contributed by atoms with Crippen LogP contribution in [0, 0.1) is 17.2 Å². The van der Waals surface area contributed by atoms with Crippen LogP contribution in [0.4, 0.5) is 0 Å². The van der Waals surface area contributed by atoms with Crippen molar-refractivity contribution in [2.24, 2.45) is 5.92 Å². The fourth-order valence-electron chi connectivity index (χ4n) is 2.63. The van der Waals surface area contributed by atoms with Gasteiger partial charge in [-0.3, -0.25) is 0 Å². The molecule has 0 amide bonds. The highest BCUT2D eigenvalue weighted by atomic mass is 16.3. The minimum Gasteiger partial charge on any atom is -0.394 e. The fraction of sp³-hybridized carbons (Fsp3) is 0.909. The summed E-state index contributed by atoms with van der Waals surface area (Å²) in [6.07, 6.45) is 6.61. The summed E-state index contributed by atoms with van der Waals surface area (Å²) in [5.74, 6) is 0.166. The van der Waals surface area contributed by atoms with Crippen LogP contribution in [0.1, 0.15) is 38.5 Å². The molecule has 3 heteroatoms. The predicted octanol–water partition coefficient (Wildman–Crippen LogP) is 1.18. The van der Waals surface area contributed by atoms with E-state index in [-0.39, 0.29) is 18.1 Å². The van der Waals surface area contributed by atoms with E-state index in [4.69, 9.17) is 5.26 Å². The standard InChI is InChI=1S/C11H18N2O/c12-7-9-3-1-4-10(9)13-11(8-14)5-2-6-11/h9-10,13-14H,1-6,8H2. The van der Waals surface area contributed by atoms with Gasteiger partial charge in [-0.2, -0.15) is 5.26 Å². The Morgan fingerprint density at radius 1 is 1.36 bits per heavy atom. The monoisotopic (exact) mass is 194 g/mol. The second kappa shape index (κ2) is 3.88. The highest BCUT2D eigenvalue weighted by Gasteiger charge is 2.40. The van der Waals surface area contributed by atoms with Gasteiger partial charge in [0.15, 0.2) is 0 Å². The van der Waals surface area contributed by atoms with Gasteiger partial charge in [0, 0.05) is 11.6 Å². The molecule has 2 fully saturated rings. The van der Waals surface area contributed by atoms with Crippen molar-refractivity contribution < 1.29 is 5.11 Å². The third-order valence-electron chi connectivity index (χ3n) is 3.79. The molecule has 78 valence electrons. The molecule has 0 aromatic carbocycles. The number of hydrogen-bond acceptors (Lipinski definition) is 3. The molecule has 0 spiro atoms. The van der Waals surface area contributed by atoms with Crippen LogP contribution in [0.15, 0.2) is 0 Å². The van der Waals surface area contributed by atoms with E-state index < -0.39 is 0 Å². The highest BCUT2D eigenvalue weighted by Crippen LogP contribution is 2.35. The van der Waals surface area contributed by atoms with E-state index in [1.165, 1.54) is 6.42 Å². The second-order valence-electron chi connectivity index (χ2n) is 4.71. The zero-order valence-electron chi connectivity index (χ0n) is 8.50. The zero-order valence-corrected chi connectivity index (χ0v) is 8.50. The molecule has 2 atom stereocenters. The number of nitrogens with one attached hydrogen (secondary N) is 1. The van der Waals surface area contributed by atoms with E-state index in [2.05, 4.69) is 11.4 Å². The minimum atomic E-state index is -0.0376. The van der Waals surface area contributed by atoms with E-state index in [0.717, 1.165) is 32.1 Å². The third-order valence-corrected chi connectivity index (χ3v) is 3.79. The lowest BCUT2D eigenvalue weighted by Crippen LogP contribution is -2.58. The van der Waals surface area contributed by atoms with Gasteiger partial charge in [0.05, 0.1) is 18.6 Å². The Balaban J connectivity index is 1.93. The molecule has 2 aliphatic carbocycles. The molecule has 0 bridgehead atoms. The molecule has 3 nitrogen and oxygen atoms in total. The first-order valence-electron chi connectivity index (χ1n) is 5.58. The van der Waals surface area contributed by atoms with Gasteiger partial charge in [-0.1, -0.05) is 6.42 Å². The average molecular weight is 194 g/mol. The van der Waals surface area contributed by atoms with Crippen molar-refractivity contribution in [3.8, 4) is 6.07 Å². The molecular formula is C11H18N2O. The molecule has 0 saturated heterocycles.